The minimum atomic E-state index is -6.07. The Hall–Kier alpha value is -1.06. The SMILES string of the molecule is C=C(F)OC(F)(F)C(F)(F)OC(F)(F)F. The average Bonchev–Trinajstić information content (AvgIpc) is 1.75. The van der Waals surface area contributed by atoms with Gasteiger partial charge in [0.25, 0.3) is 6.01 Å². The van der Waals surface area contributed by atoms with Gasteiger partial charge in [-0.15, -0.1) is 13.2 Å². The van der Waals surface area contributed by atoms with Crippen LogP contribution in [0.1, 0.15) is 0 Å². The Kier molecular flexibility index (Phi) is 3.56. The van der Waals surface area contributed by atoms with Gasteiger partial charge in [0.2, 0.25) is 0 Å². The molecule has 0 atom stereocenters. The lowest BCUT2D eigenvalue weighted by Crippen LogP contribution is -2.47. The number of hydrogen-bond donors (Lipinski definition) is 0. The van der Waals surface area contributed by atoms with Crippen LogP contribution >= 0.6 is 0 Å². The van der Waals surface area contributed by atoms with E-state index in [1.54, 1.807) is 4.74 Å². The van der Waals surface area contributed by atoms with Crippen LogP contribution in [-0.4, -0.2) is 18.6 Å². The molecular formula is C5H2F8O2. The van der Waals surface area contributed by atoms with Crippen molar-refractivity contribution in [1.82, 2.24) is 0 Å². The summed E-state index contributed by atoms with van der Waals surface area (Å²) in [4.78, 5) is 0. The molecule has 0 aliphatic rings. The molecule has 0 spiro atoms. The van der Waals surface area contributed by atoms with E-state index in [2.05, 4.69) is 4.74 Å². The molecule has 0 fully saturated rings. The highest BCUT2D eigenvalue weighted by molar-refractivity contribution is 4.75. The van der Waals surface area contributed by atoms with Crippen LogP contribution in [0.2, 0.25) is 0 Å². The molecule has 90 valence electrons. The minimum Gasteiger partial charge on any atom is -0.400 e. The Balaban J connectivity index is 4.76. The van der Waals surface area contributed by atoms with Crippen LogP contribution in [0.25, 0.3) is 0 Å². The fourth-order valence-electron chi connectivity index (χ4n) is 0.403. The normalized spacial score (nSPS) is 13.9. The standard InChI is InChI=1S/C5H2F8O2/c1-2(6)14-3(7,8)4(9,10)15-5(11,12)13/h1H2. The molecule has 0 aliphatic carbocycles. The molecule has 0 heterocycles. The van der Waals surface area contributed by atoms with Gasteiger partial charge in [0.05, 0.1) is 0 Å². The van der Waals surface area contributed by atoms with Crippen molar-refractivity contribution >= 4 is 0 Å². The van der Waals surface area contributed by atoms with Crippen molar-refractivity contribution in [1.29, 1.82) is 0 Å². The molecule has 0 saturated heterocycles. The maximum absolute atomic E-state index is 12.1. The monoisotopic (exact) mass is 246 g/mol. The van der Waals surface area contributed by atoms with Crippen LogP contribution in [0.5, 0.6) is 0 Å². The van der Waals surface area contributed by atoms with Crippen molar-refractivity contribution in [2.75, 3.05) is 0 Å². The first kappa shape index (κ1) is 13.9. The third-order valence-corrected chi connectivity index (χ3v) is 0.822. The van der Waals surface area contributed by atoms with Crippen molar-refractivity contribution in [2.45, 2.75) is 18.6 Å². The fourth-order valence-corrected chi connectivity index (χ4v) is 0.403. The van der Waals surface area contributed by atoms with Gasteiger partial charge in [-0.25, -0.2) is 4.74 Å². The van der Waals surface area contributed by atoms with E-state index >= 15 is 0 Å². The molecule has 0 rings (SSSR count). The van der Waals surface area contributed by atoms with Gasteiger partial charge in [-0.1, -0.05) is 0 Å². The average molecular weight is 246 g/mol. The van der Waals surface area contributed by atoms with Crippen LogP contribution in [0.4, 0.5) is 35.1 Å². The molecule has 2 nitrogen and oxygen atoms in total. The summed E-state index contributed by atoms with van der Waals surface area (Å²) >= 11 is 0. The lowest BCUT2D eigenvalue weighted by molar-refractivity contribution is -0.501. The van der Waals surface area contributed by atoms with Crippen molar-refractivity contribution < 1.29 is 44.6 Å². The Morgan fingerprint density at radius 2 is 1.27 bits per heavy atom. The quantitative estimate of drug-likeness (QED) is 0.560. The molecule has 0 aromatic heterocycles. The molecule has 0 aromatic rings. The molecule has 0 N–H and O–H groups in total. The second-order valence-corrected chi connectivity index (χ2v) is 2.04. The van der Waals surface area contributed by atoms with Gasteiger partial charge in [0.15, 0.2) is 0 Å². The van der Waals surface area contributed by atoms with E-state index in [1.807, 2.05) is 6.58 Å². The third-order valence-electron chi connectivity index (χ3n) is 0.822. The van der Waals surface area contributed by atoms with Crippen LogP contribution in [0.3, 0.4) is 0 Å². The van der Waals surface area contributed by atoms with Crippen LogP contribution in [-0.2, 0) is 9.47 Å². The maximum Gasteiger partial charge on any atom is 0.527 e. The molecular weight excluding hydrogens is 244 g/mol. The lowest BCUT2D eigenvalue weighted by atomic mass is 10.6. The van der Waals surface area contributed by atoms with Crippen molar-refractivity contribution in [3.63, 3.8) is 0 Å². The topological polar surface area (TPSA) is 18.5 Å². The largest absolute Gasteiger partial charge is 0.527 e. The first-order valence-electron chi connectivity index (χ1n) is 2.93. The summed E-state index contributed by atoms with van der Waals surface area (Å²) in [5.74, 6) is 0. The molecule has 0 bridgehead atoms. The molecule has 0 aliphatic heterocycles. The van der Waals surface area contributed by atoms with Crippen LogP contribution < -0.4 is 0 Å². The summed E-state index contributed by atoms with van der Waals surface area (Å²) in [6, 6.07) is -2.38. The zero-order chi connectivity index (χ0) is 12.5. The molecule has 0 saturated carbocycles. The summed E-state index contributed by atoms with van der Waals surface area (Å²) in [6.45, 7) is 2.01. The van der Waals surface area contributed by atoms with Gasteiger partial charge < -0.3 is 4.74 Å². The van der Waals surface area contributed by atoms with E-state index in [9.17, 15) is 35.1 Å². The Morgan fingerprint density at radius 1 is 0.867 bits per heavy atom. The summed E-state index contributed by atoms with van der Waals surface area (Å²) < 4.78 is 97.7. The maximum atomic E-state index is 12.1. The van der Waals surface area contributed by atoms with E-state index < -0.39 is 24.6 Å². The van der Waals surface area contributed by atoms with E-state index in [0.717, 1.165) is 0 Å². The summed E-state index contributed by atoms with van der Waals surface area (Å²) in [5.41, 5.74) is 0. The minimum absolute atomic E-state index is 1.77. The predicted molar refractivity (Wildman–Crippen MR) is 28.4 cm³/mol. The van der Waals surface area contributed by atoms with Crippen LogP contribution in [0.15, 0.2) is 12.6 Å². The molecule has 10 heteroatoms. The molecule has 0 radical (unpaired) electrons. The van der Waals surface area contributed by atoms with Gasteiger partial charge >= 0.3 is 18.6 Å². The van der Waals surface area contributed by atoms with Crippen molar-refractivity contribution in [3.8, 4) is 0 Å². The van der Waals surface area contributed by atoms with Crippen LogP contribution in [0, 0.1) is 0 Å². The molecule has 0 amide bonds. The third kappa shape index (κ3) is 4.32. The van der Waals surface area contributed by atoms with E-state index in [4.69, 9.17) is 0 Å². The van der Waals surface area contributed by atoms with E-state index in [1.165, 1.54) is 0 Å². The first-order chi connectivity index (χ1) is 6.37. The summed E-state index contributed by atoms with van der Waals surface area (Å²) in [6.07, 6.45) is -17.9. The second kappa shape index (κ2) is 3.83. The fraction of sp³-hybridized carbons (Fsp3) is 0.600. The number of alkyl halides is 7. The summed E-state index contributed by atoms with van der Waals surface area (Å²) in [7, 11) is 0. The predicted octanol–water partition coefficient (Wildman–Crippen LogP) is 3.17. The first-order valence-corrected chi connectivity index (χ1v) is 2.93. The van der Waals surface area contributed by atoms with E-state index in [-0.39, 0.29) is 0 Å². The number of hydrogen-bond acceptors (Lipinski definition) is 2. The highest BCUT2D eigenvalue weighted by Crippen LogP contribution is 2.41. The smallest absolute Gasteiger partial charge is 0.400 e. The Labute approximate surface area is 77.1 Å². The molecule has 0 unspecified atom stereocenters. The van der Waals surface area contributed by atoms with Gasteiger partial charge in [0, 0.05) is 0 Å². The van der Waals surface area contributed by atoms with Gasteiger partial charge in [0.1, 0.15) is 0 Å². The lowest BCUT2D eigenvalue weighted by Gasteiger charge is -2.25. The summed E-state index contributed by atoms with van der Waals surface area (Å²) in [5, 5.41) is 0. The zero-order valence-corrected chi connectivity index (χ0v) is 6.55. The highest BCUT2D eigenvalue weighted by atomic mass is 19.4. The number of ether oxygens (including phenoxy) is 2. The van der Waals surface area contributed by atoms with Gasteiger partial charge in [-0.05, 0) is 6.58 Å². The number of halogens is 8. The second-order valence-electron chi connectivity index (χ2n) is 2.04. The van der Waals surface area contributed by atoms with E-state index in [0.29, 0.717) is 0 Å². The number of rotatable bonds is 4. The Morgan fingerprint density at radius 3 is 1.53 bits per heavy atom. The van der Waals surface area contributed by atoms with Crippen molar-refractivity contribution in [2.24, 2.45) is 0 Å². The molecule has 15 heavy (non-hydrogen) atoms. The van der Waals surface area contributed by atoms with Gasteiger partial charge in [-0.2, -0.15) is 22.0 Å². The van der Waals surface area contributed by atoms with Gasteiger partial charge in [-0.3, -0.25) is 0 Å². The zero-order valence-electron chi connectivity index (χ0n) is 6.55. The highest BCUT2D eigenvalue weighted by Gasteiger charge is 2.66. The van der Waals surface area contributed by atoms with Crippen molar-refractivity contribution in [3.05, 3.63) is 12.6 Å². The Bertz CT molecular complexity index is 244. The molecule has 0 aromatic carbocycles.